The molecule has 0 saturated heterocycles. The third-order valence-corrected chi connectivity index (χ3v) is 3.22. The molecule has 0 unspecified atom stereocenters. The molecular formula is C13H18N2O. The van der Waals surface area contributed by atoms with Gasteiger partial charge in [-0.2, -0.15) is 0 Å². The average molecular weight is 218 g/mol. The van der Waals surface area contributed by atoms with Crippen molar-refractivity contribution >= 4 is 11.7 Å². The van der Waals surface area contributed by atoms with E-state index in [1.807, 2.05) is 35.8 Å². The predicted molar refractivity (Wildman–Crippen MR) is 65.7 cm³/mol. The second kappa shape index (κ2) is 4.16. The van der Waals surface area contributed by atoms with Gasteiger partial charge in [0.1, 0.15) is 0 Å². The number of carbonyl (C=O) groups excluding carboxylic acids is 1. The number of benzene rings is 1. The lowest BCUT2D eigenvalue weighted by Gasteiger charge is -2.36. The molecule has 0 fully saturated rings. The third-order valence-electron chi connectivity index (χ3n) is 3.22. The zero-order chi connectivity index (χ0) is 11.7. The molecule has 0 spiro atoms. The van der Waals surface area contributed by atoms with Crippen LogP contribution in [-0.2, 0) is 6.54 Å². The number of urea groups is 1. The second-order valence-electron chi connectivity index (χ2n) is 4.11. The van der Waals surface area contributed by atoms with Gasteiger partial charge in [-0.1, -0.05) is 12.1 Å². The number of carbonyl (C=O) groups is 1. The lowest BCUT2D eigenvalue weighted by molar-refractivity contribution is 0.201. The third kappa shape index (κ3) is 1.56. The normalized spacial score (nSPS) is 15.3. The Labute approximate surface area is 96.7 Å². The summed E-state index contributed by atoms with van der Waals surface area (Å²) in [6.45, 7) is 8.39. The molecule has 1 aliphatic heterocycles. The summed E-state index contributed by atoms with van der Waals surface area (Å²) in [5, 5.41) is 0. The molecule has 1 aromatic carbocycles. The lowest BCUT2D eigenvalue weighted by atomic mass is 10.0. The van der Waals surface area contributed by atoms with E-state index in [9.17, 15) is 4.79 Å². The van der Waals surface area contributed by atoms with Crippen molar-refractivity contribution in [3.63, 3.8) is 0 Å². The molecule has 1 aliphatic rings. The van der Waals surface area contributed by atoms with Gasteiger partial charge in [-0.05, 0) is 38.0 Å². The van der Waals surface area contributed by atoms with Crippen LogP contribution in [0.5, 0.6) is 0 Å². The van der Waals surface area contributed by atoms with E-state index < -0.39 is 0 Å². The Balaban J connectivity index is 2.50. The van der Waals surface area contributed by atoms with Crippen LogP contribution >= 0.6 is 0 Å². The molecule has 0 saturated carbocycles. The van der Waals surface area contributed by atoms with E-state index in [0.717, 1.165) is 25.3 Å². The van der Waals surface area contributed by atoms with Crippen molar-refractivity contribution in [2.75, 3.05) is 18.0 Å². The minimum absolute atomic E-state index is 0.128. The van der Waals surface area contributed by atoms with Crippen LogP contribution in [0.1, 0.15) is 25.0 Å². The fourth-order valence-corrected chi connectivity index (χ4v) is 2.23. The molecule has 3 nitrogen and oxygen atoms in total. The standard InChI is InChI=1S/C13H18N2O/c1-4-14-9-11-10(3)7-6-8-12(11)15(5-2)13(14)16/h6-8H,4-5,9H2,1-3H3. The van der Waals surface area contributed by atoms with Crippen LogP contribution < -0.4 is 4.90 Å². The molecule has 2 rings (SSSR count). The first-order valence-corrected chi connectivity index (χ1v) is 5.84. The van der Waals surface area contributed by atoms with E-state index in [0.29, 0.717) is 0 Å². The summed E-state index contributed by atoms with van der Waals surface area (Å²) in [5.41, 5.74) is 3.63. The van der Waals surface area contributed by atoms with Gasteiger partial charge in [0.15, 0.2) is 0 Å². The lowest BCUT2D eigenvalue weighted by Crippen LogP contribution is -2.47. The van der Waals surface area contributed by atoms with Gasteiger partial charge in [0.05, 0.1) is 5.69 Å². The Hall–Kier alpha value is -1.51. The molecule has 0 N–H and O–H groups in total. The Bertz CT molecular complexity index is 414. The molecule has 0 aliphatic carbocycles. The van der Waals surface area contributed by atoms with Crippen LogP contribution in [0.3, 0.4) is 0 Å². The number of aryl methyl sites for hydroxylation is 1. The highest BCUT2D eigenvalue weighted by Gasteiger charge is 2.28. The number of nitrogens with zero attached hydrogens (tertiary/aromatic N) is 2. The maximum absolute atomic E-state index is 12.1. The molecule has 86 valence electrons. The largest absolute Gasteiger partial charge is 0.324 e. The molecule has 0 radical (unpaired) electrons. The van der Waals surface area contributed by atoms with Gasteiger partial charge in [-0.25, -0.2) is 4.79 Å². The Kier molecular flexibility index (Phi) is 2.86. The van der Waals surface area contributed by atoms with E-state index in [-0.39, 0.29) is 6.03 Å². The smallest absolute Gasteiger partial charge is 0.320 e. The van der Waals surface area contributed by atoms with E-state index in [1.54, 1.807) is 0 Å². The molecule has 1 heterocycles. The molecule has 0 atom stereocenters. The highest BCUT2D eigenvalue weighted by Crippen LogP contribution is 2.30. The van der Waals surface area contributed by atoms with Gasteiger partial charge in [-0.15, -0.1) is 0 Å². The van der Waals surface area contributed by atoms with Crippen LogP contribution in [0.4, 0.5) is 10.5 Å². The first-order valence-electron chi connectivity index (χ1n) is 5.84. The zero-order valence-corrected chi connectivity index (χ0v) is 10.2. The van der Waals surface area contributed by atoms with Gasteiger partial charge in [-0.3, -0.25) is 4.90 Å². The van der Waals surface area contributed by atoms with Crippen LogP contribution in [-0.4, -0.2) is 24.0 Å². The fraction of sp³-hybridized carbons (Fsp3) is 0.462. The number of amides is 2. The van der Waals surface area contributed by atoms with Crippen LogP contribution in [0.15, 0.2) is 18.2 Å². The van der Waals surface area contributed by atoms with E-state index >= 15 is 0 Å². The molecular weight excluding hydrogens is 200 g/mol. The number of hydrogen-bond acceptors (Lipinski definition) is 1. The van der Waals surface area contributed by atoms with Crippen molar-refractivity contribution in [1.82, 2.24) is 4.90 Å². The first-order chi connectivity index (χ1) is 7.69. The summed E-state index contributed by atoms with van der Waals surface area (Å²) in [6, 6.07) is 6.29. The van der Waals surface area contributed by atoms with Crippen LogP contribution in [0.2, 0.25) is 0 Å². The summed E-state index contributed by atoms with van der Waals surface area (Å²) in [5.74, 6) is 0. The monoisotopic (exact) mass is 218 g/mol. The van der Waals surface area contributed by atoms with Gasteiger partial charge < -0.3 is 4.90 Å². The average Bonchev–Trinajstić information content (AvgIpc) is 2.29. The highest BCUT2D eigenvalue weighted by atomic mass is 16.2. The minimum Gasteiger partial charge on any atom is -0.320 e. The van der Waals surface area contributed by atoms with E-state index in [4.69, 9.17) is 0 Å². The van der Waals surface area contributed by atoms with Crippen molar-refractivity contribution in [1.29, 1.82) is 0 Å². The molecule has 3 heteroatoms. The van der Waals surface area contributed by atoms with E-state index in [2.05, 4.69) is 13.0 Å². The maximum atomic E-state index is 12.1. The van der Waals surface area contributed by atoms with Crippen LogP contribution in [0, 0.1) is 6.92 Å². The van der Waals surface area contributed by atoms with Crippen molar-refractivity contribution in [3.05, 3.63) is 29.3 Å². The molecule has 0 aromatic heterocycles. The second-order valence-corrected chi connectivity index (χ2v) is 4.11. The highest BCUT2D eigenvalue weighted by molar-refractivity contribution is 5.95. The number of fused-ring (bicyclic) bond motifs is 1. The van der Waals surface area contributed by atoms with Gasteiger partial charge >= 0.3 is 6.03 Å². The Morgan fingerprint density at radius 1 is 1.25 bits per heavy atom. The van der Waals surface area contributed by atoms with Gasteiger partial charge in [0, 0.05) is 19.6 Å². The fourth-order valence-electron chi connectivity index (χ4n) is 2.23. The molecule has 0 bridgehead atoms. The first kappa shape index (κ1) is 11.0. The number of hydrogen-bond donors (Lipinski definition) is 0. The summed E-state index contributed by atoms with van der Waals surface area (Å²) in [7, 11) is 0. The van der Waals surface area contributed by atoms with E-state index in [1.165, 1.54) is 11.1 Å². The van der Waals surface area contributed by atoms with Crippen molar-refractivity contribution in [2.45, 2.75) is 27.3 Å². The summed E-state index contributed by atoms with van der Waals surface area (Å²) in [4.78, 5) is 15.9. The molecule has 1 aromatic rings. The number of anilines is 1. The van der Waals surface area contributed by atoms with Gasteiger partial charge in [0.2, 0.25) is 0 Å². The molecule has 2 amide bonds. The van der Waals surface area contributed by atoms with Crippen molar-refractivity contribution in [3.8, 4) is 0 Å². The zero-order valence-electron chi connectivity index (χ0n) is 10.2. The van der Waals surface area contributed by atoms with Crippen molar-refractivity contribution in [2.24, 2.45) is 0 Å². The minimum atomic E-state index is 0.128. The summed E-state index contributed by atoms with van der Waals surface area (Å²) >= 11 is 0. The Morgan fingerprint density at radius 3 is 2.62 bits per heavy atom. The molecule has 16 heavy (non-hydrogen) atoms. The Morgan fingerprint density at radius 2 is 2.00 bits per heavy atom. The van der Waals surface area contributed by atoms with Crippen LogP contribution in [0.25, 0.3) is 0 Å². The topological polar surface area (TPSA) is 23.6 Å². The SMILES string of the molecule is CCN1Cc2c(C)cccc2N(CC)C1=O. The maximum Gasteiger partial charge on any atom is 0.324 e. The van der Waals surface area contributed by atoms with Crippen molar-refractivity contribution < 1.29 is 4.79 Å². The number of rotatable bonds is 2. The van der Waals surface area contributed by atoms with Gasteiger partial charge in [0.25, 0.3) is 0 Å². The summed E-state index contributed by atoms with van der Waals surface area (Å²) < 4.78 is 0. The predicted octanol–water partition coefficient (Wildman–Crippen LogP) is 2.78. The summed E-state index contributed by atoms with van der Waals surface area (Å²) in [6.07, 6.45) is 0. The quantitative estimate of drug-likeness (QED) is 0.748.